The fraction of sp³-hybridized carbons (Fsp3) is 0.263. The zero-order valence-electron chi connectivity index (χ0n) is 15.6. The highest BCUT2D eigenvalue weighted by Crippen LogP contribution is 2.11. The van der Waals surface area contributed by atoms with E-state index >= 15 is 0 Å². The lowest BCUT2D eigenvalue weighted by Crippen LogP contribution is -2.49. The fourth-order valence-corrected chi connectivity index (χ4v) is 2.54. The van der Waals surface area contributed by atoms with Gasteiger partial charge in [-0.15, -0.1) is 0 Å². The van der Waals surface area contributed by atoms with Crippen LogP contribution in [0.4, 0.5) is 5.95 Å². The zero-order chi connectivity index (χ0) is 21.1. The van der Waals surface area contributed by atoms with E-state index < -0.39 is 11.9 Å². The summed E-state index contributed by atoms with van der Waals surface area (Å²) in [5.41, 5.74) is 0.955. The van der Waals surface area contributed by atoms with E-state index in [1.165, 1.54) is 0 Å². The number of carboxylic acids is 2. The standard InChI is InChI=1S/C15H17N5O.C4H4O4/c21-14(11-13-3-1-4-16-12-13)19-7-9-20(10-8-19)15-17-5-2-6-18-15;5-3(6)1-2-4(7)8/h1-6,12H,7-11H2;1-2H,(H,5,6)(H,7,8). The van der Waals surface area contributed by atoms with Crippen molar-refractivity contribution in [2.75, 3.05) is 31.1 Å². The summed E-state index contributed by atoms with van der Waals surface area (Å²) in [4.78, 5) is 47.9. The Kier molecular flexibility index (Phi) is 8.24. The van der Waals surface area contributed by atoms with Crippen LogP contribution in [0, 0.1) is 0 Å². The van der Waals surface area contributed by atoms with Gasteiger partial charge in [0.2, 0.25) is 11.9 Å². The van der Waals surface area contributed by atoms with Crippen LogP contribution in [0.5, 0.6) is 0 Å². The van der Waals surface area contributed by atoms with Crippen molar-refractivity contribution in [2.45, 2.75) is 6.42 Å². The molecule has 2 N–H and O–H groups in total. The summed E-state index contributed by atoms with van der Waals surface area (Å²) in [6.07, 6.45) is 8.46. The molecule has 0 radical (unpaired) electrons. The molecule has 1 amide bonds. The maximum absolute atomic E-state index is 12.3. The van der Waals surface area contributed by atoms with Crippen molar-refractivity contribution in [3.8, 4) is 0 Å². The van der Waals surface area contributed by atoms with Crippen LogP contribution in [0.2, 0.25) is 0 Å². The summed E-state index contributed by atoms with van der Waals surface area (Å²) in [7, 11) is 0. The fourth-order valence-electron chi connectivity index (χ4n) is 2.54. The SMILES string of the molecule is O=C(Cc1cccnc1)N1CCN(c2ncccn2)CC1.O=C(O)C=CC(=O)O. The molecule has 0 bridgehead atoms. The first-order valence-electron chi connectivity index (χ1n) is 8.78. The van der Waals surface area contributed by atoms with Gasteiger partial charge in [-0.2, -0.15) is 0 Å². The molecule has 0 aromatic carbocycles. The van der Waals surface area contributed by atoms with Crippen molar-refractivity contribution in [3.05, 3.63) is 60.7 Å². The second-order valence-corrected chi connectivity index (χ2v) is 5.96. The number of aliphatic carboxylic acids is 2. The molecule has 2 aromatic heterocycles. The number of anilines is 1. The van der Waals surface area contributed by atoms with Gasteiger partial charge in [0.15, 0.2) is 0 Å². The van der Waals surface area contributed by atoms with Crippen LogP contribution in [0.25, 0.3) is 0 Å². The molecule has 3 rings (SSSR count). The lowest BCUT2D eigenvalue weighted by molar-refractivity contribution is -0.134. The normalized spacial score (nSPS) is 13.5. The summed E-state index contributed by atoms with van der Waals surface area (Å²) in [6, 6.07) is 5.59. The molecule has 1 saturated heterocycles. The second-order valence-electron chi connectivity index (χ2n) is 5.96. The number of carbonyl (C=O) groups excluding carboxylic acids is 1. The molecule has 1 aliphatic heterocycles. The molecule has 152 valence electrons. The average Bonchev–Trinajstić information content (AvgIpc) is 2.74. The van der Waals surface area contributed by atoms with Crippen LogP contribution in [-0.4, -0.2) is 74.1 Å². The van der Waals surface area contributed by atoms with Gasteiger partial charge in [0.05, 0.1) is 6.42 Å². The summed E-state index contributed by atoms with van der Waals surface area (Å²) in [6.45, 7) is 2.94. The molecule has 29 heavy (non-hydrogen) atoms. The monoisotopic (exact) mass is 399 g/mol. The van der Waals surface area contributed by atoms with Crippen LogP contribution in [-0.2, 0) is 20.8 Å². The smallest absolute Gasteiger partial charge is 0.328 e. The third kappa shape index (κ3) is 7.75. The Morgan fingerprint density at radius 3 is 2.07 bits per heavy atom. The highest BCUT2D eigenvalue weighted by molar-refractivity contribution is 5.89. The Morgan fingerprint density at radius 1 is 0.931 bits per heavy atom. The quantitative estimate of drug-likeness (QED) is 0.688. The van der Waals surface area contributed by atoms with E-state index in [9.17, 15) is 14.4 Å². The highest BCUT2D eigenvalue weighted by Gasteiger charge is 2.22. The Morgan fingerprint density at radius 2 is 1.55 bits per heavy atom. The molecule has 2 aromatic rings. The van der Waals surface area contributed by atoms with E-state index in [1.807, 2.05) is 17.0 Å². The van der Waals surface area contributed by atoms with Crippen molar-refractivity contribution in [3.63, 3.8) is 0 Å². The van der Waals surface area contributed by atoms with Gasteiger partial charge < -0.3 is 20.0 Å². The average molecular weight is 399 g/mol. The number of aromatic nitrogens is 3. The van der Waals surface area contributed by atoms with E-state index in [2.05, 4.69) is 19.9 Å². The maximum atomic E-state index is 12.3. The van der Waals surface area contributed by atoms with Gasteiger partial charge in [0, 0.05) is 63.1 Å². The number of amides is 1. The van der Waals surface area contributed by atoms with E-state index in [4.69, 9.17) is 10.2 Å². The van der Waals surface area contributed by atoms with Gasteiger partial charge in [0.25, 0.3) is 0 Å². The van der Waals surface area contributed by atoms with Crippen LogP contribution in [0.1, 0.15) is 5.56 Å². The van der Waals surface area contributed by atoms with E-state index in [1.54, 1.807) is 30.9 Å². The maximum Gasteiger partial charge on any atom is 0.328 e. The number of rotatable bonds is 5. The van der Waals surface area contributed by atoms with Crippen LogP contribution in [0.3, 0.4) is 0 Å². The van der Waals surface area contributed by atoms with Crippen LogP contribution in [0.15, 0.2) is 55.1 Å². The Labute approximate surface area is 167 Å². The first-order chi connectivity index (χ1) is 14.0. The molecule has 10 heteroatoms. The minimum atomic E-state index is -1.26. The molecule has 10 nitrogen and oxygen atoms in total. The number of carbonyl (C=O) groups is 3. The molecule has 0 aliphatic carbocycles. The van der Waals surface area contributed by atoms with Crippen molar-refractivity contribution in [2.24, 2.45) is 0 Å². The zero-order valence-corrected chi connectivity index (χ0v) is 15.6. The lowest BCUT2D eigenvalue weighted by atomic mass is 10.2. The van der Waals surface area contributed by atoms with E-state index in [0.29, 0.717) is 31.7 Å². The van der Waals surface area contributed by atoms with Gasteiger partial charge in [-0.05, 0) is 17.7 Å². The Hall–Kier alpha value is -3.82. The number of carboxylic acid groups (broad SMARTS) is 2. The molecule has 1 fully saturated rings. The van der Waals surface area contributed by atoms with Gasteiger partial charge in [-0.1, -0.05) is 6.07 Å². The minimum absolute atomic E-state index is 0.150. The minimum Gasteiger partial charge on any atom is -0.478 e. The number of nitrogens with zero attached hydrogens (tertiary/aromatic N) is 5. The largest absolute Gasteiger partial charge is 0.478 e. The number of pyridine rings is 1. The predicted octanol–water partition coefficient (Wildman–Crippen LogP) is 0.475. The molecule has 0 atom stereocenters. The topological polar surface area (TPSA) is 137 Å². The van der Waals surface area contributed by atoms with Crippen molar-refractivity contribution in [1.29, 1.82) is 0 Å². The van der Waals surface area contributed by atoms with Crippen LogP contribution >= 0.6 is 0 Å². The van der Waals surface area contributed by atoms with Gasteiger partial charge in [-0.25, -0.2) is 19.6 Å². The molecular formula is C19H21N5O5. The summed E-state index contributed by atoms with van der Waals surface area (Å²) in [5, 5.41) is 15.6. The van der Waals surface area contributed by atoms with Gasteiger partial charge in [-0.3, -0.25) is 9.78 Å². The van der Waals surface area contributed by atoms with Crippen LogP contribution < -0.4 is 4.90 Å². The lowest BCUT2D eigenvalue weighted by Gasteiger charge is -2.34. The Bertz CT molecular complexity index is 821. The third-order valence-corrected chi connectivity index (χ3v) is 3.91. The molecule has 0 saturated carbocycles. The highest BCUT2D eigenvalue weighted by atomic mass is 16.4. The number of piperazine rings is 1. The molecular weight excluding hydrogens is 378 g/mol. The van der Waals surface area contributed by atoms with E-state index in [-0.39, 0.29) is 5.91 Å². The van der Waals surface area contributed by atoms with E-state index in [0.717, 1.165) is 24.6 Å². The third-order valence-electron chi connectivity index (χ3n) is 3.91. The molecule has 3 heterocycles. The summed E-state index contributed by atoms with van der Waals surface area (Å²) < 4.78 is 0. The summed E-state index contributed by atoms with van der Waals surface area (Å²) in [5.74, 6) is -1.63. The first-order valence-corrected chi connectivity index (χ1v) is 8.78. The van der Waals surface area contributed by atoms with Crippen molar-refractivity contribution < 1.29 is 24.6 Å². The Balaban J connectivity index is 0.000000321. The van der Waals surface area contributed by atoms with Gasteiger partial charge in [0.1, 0.15) is 0 Å². The molecule has 0 spiro atoms. The van der Waals surface area contributed by atoms with Crippen molar-refractivity contribution in [1.82, 2.24) is 19.9 Å². The predicted molar refractivity (Wildman–Crippen MR) is 103 cm³/mol. The molecule has 1 aliphatic rings. The number of hydrogen-bond donors (Lipinski definition) is 2. The van der Waals surface area contributed by atoms with Crippen molar-refractivity contribution >= 4 is 23.8 Å². The van der Waals surface area contributed by atoms with Gasteiger partial charge >= 0.3 is 11.9 Å². The number of hydrogen-bond acceptors (Lipinski definition) is 7. The first kappa shape index (κ1) is 21.5. The molecule has 0 unspecified atom stereocenters. The summed E-state index contributed by atoms with van der Waals surface area (Å²) >= 11 is 0. The second kappa shape index (κ2) is 11.1.